The summed E-state index contributed by atoms with van der Waals surface area (Å²) in [7, 11) is 1.60. The molecule has 90 valence electrons. The molecule has 1 unspecified atom stereocenters. The van der Waals surface area contributed by atoms with Crippen molar-refractivity contribution in [3.63, 3.8) is 0 Å². The molecule has 2 rings (SSSR count). The van der Waals surface area contributed by atoms with E-state index in [1.165, 1.54) is 0 Å². The third kappa shape index (κ3) is 2.50. The maximum Gasteiger partial charge on any atom is 0.138 e. The Morgan fingerprint density at radius 2 is 2.06 bits per heavy atom. The molecule has 0 bridgehead atoms. The molecule has 0 aliphatic heterocycles. The summed E-state index contributed by atoms with van der Waals surface area (Å²) >= 11 is 11.9. The van der Waals surface area contributed by atoms with Crippen LogP contribution in [0.15, 0.2) is 18.5 Å². The van der Waals surface area contributed by atoms with Gasteiger partial charge in [0.2, 0.25) is 0 Å². The monoisotopic (exact) mass is 271 g/mol. The lowest BCUT2D eigenvalue weighted by Crippen LogP contribution is -2.16. The van der Waals surface area contributed by atoms with Crippen LogP contribution >= 0.6 is 23.2 Å². The van der Waals surface area contributed by atoms with Gasteiger partial charge in [-0.25, -0.2) is 9.97 Å². The van der Waals surface area contributed by atoms with E-state index in [0.717, 1.165) is 16.3 Å². The molecule has 2 aromatic heterocycles. The molecule has 0 aliphatic carbocycles. The number of ether oxygens (including phenoxy) is 1. The summed E-state index contributed by atoms with van der Waals surface area (Å²) in [4.78, 5) is 8.07. The van der Waals surface area contributed by atoms with E-state index in [1.54, 1.807) is 25.6 Å². The Balaban J connectivity index is 2.63. The Morgan fingerprint density at radius 3 is 2.76 bits per heavy atom. The highest BCUT2D eigenvalue weighted by atomic mass is 35.5. The molecule has 0 saturated carbocycles. The molecule has 17 heavy (non-hydrogen) atoms. The SMILES string of the molecule is COCC(N)c1cnc(Cl)c2cnc(Cl)cc12. The Hall–Kier alpha value is -0.940. The van der Waals surface area contributed by atoms with Crippen LogP contribution in [0.2, 0.25) is 10.3 Å². The second kappa shape index (κ2) is 5.14. The van der Waals surface area contributed by atoms with Gasteiger partial charge in [-0.2, -0.15) is 0 Å². The fourth-order valence-corrected chi connectivity index (χ4v) is 2.02. The van der Waals surface area contributed by atoms with Gasteiger partial charge in [-0.15, -0.1) is 0 Å². The van der Waals surface area contributed by atoms with Gasteiger partial charge in [0.25, 0.3) is 0 Å². The summed E-state index contributed by atoms with van der Waals surface area (Å²) in [5, 5.41) is 2.37. The quantitative estimate of drug-likeness (QED) is 0.872. The summed E-state index contributed by atoms with van der Waals surface area (Å²) in [5.41, 5.74) is 6.84. The predicted molar refractivity (Wildman–Crippen MR) is 68.4 cm³/mol. The first-order valence-electron chi connectivity index (χ1n) is 4.97. The standard InChI is InChI=1S/C11H11Cl2N3O/c1-17-5-9(14)7-3-16-11(13)8-4-15-10(12)2-6(7)8/h2-4,9H,5,14H2,1H3. The molecule has 0 radical (unpaired) electrons. The van der Waals surface area contributed by atoms with Gasteiger partial charge >= 0.3 is 0 Å². The first-order chi connectivity index (χ1) is 8.13. The zero-order valence-electron chi connectivity index (χ0n) is 9.15. The molecule has 2 N–H and O–H groups in total. The Labute approximate surface area is 109 Å². The maximum atomic E-state index is 6.00. The summed E-state index contributed by atoms with van der Waals surface area (Å²) in [6.07, 6.45) is 3.24. The summed E-state index contributed by atoms with van der Waals surface area (Å²) in [6.45, 7) is 0.401. The molecule has 4 nitrogen and oxygen atoms in total. The second-order valence-corrected chi connectivity index (χ2v) is 4.36. The van der Waals surface area contributed by atoms with Crippen molar-refractivity contribution < 1.29 is 4.74 Å². The average Bonchev–Trinajstić information content (AvgIpc) is 2.29. The lowest BCUT2D eigenvalue weighted by molar-refractivity contribution is 0.181. The van der Waals surface area contributed by atoms with Gasteiger partial charge in [0.05, 0.1) is 12.6 Å². The van der Waals surface area contributed by atoms with Crippen LogP contribution in [-0.2, 0) is 4.74 Å². The maximum absolute atomic E-state index is 6.00. The van der Waals surface area contributed by atoms with Crippen LogP contribution < -0.4 is 5.73 Å². The van der Waals surface area contributed by atoms with Crippen molar-refractivity contribution in [1.82, 2.24) is 9.97 Å². The summed E-state index contributed by atoms with van der Waals surface area (Å²) in [6, 6.07) is 1.46. The summed E-state index contributed by atoms with van der Waals surface area (Å²) < 4.78 is 5.03. The number of halogens is 2. The average molecular weight is 272 g/mol. The fraction of sp³-hybridized carbons (Fsp3) is 0.273. The number of aromatic nitrogens is 2. The van der Waals surface area contributed by atoms with E-state index < -0.39 is 0 Å². The zero-order valence-corrected chi connectivity index (χ0v) is 10.7. The molecular weight excluding hydrogens is 261 g/mol. The third-order valence-electron chi connectivity index (χ3n) is 2.47. The zero-order chi connectivity index (χ0) is 12.4. The van der Waals surface area contributed by atoms with E-state index in [-0.39, 0.29) is 6.04 Å². The number of hydrogen-bond acceptors (Lipinski definition) is 4. The Morgan fingerprint density at radius 1 is 1.29 bits per heavy atom. The smallest absolute Gasteiger partial charge is 0.138 e. The number of methoxy groups -OCH3 is 1. The number of fused-ring (bicyclic) bond motifs is 1. The van der Waals surface area contributed by atoms with E-state index in [9.17, 15) is 0 Å². The van der Waals surface area contributed by atoms with Crippen molar-refractivity contribution in [2.75, 3.05) is 13.7 Å². The molecule has 0 amide bonds. The van der Waals surface area contributed by atoms with Crippen molar-refractivity contribution in [2.45, 2.75) is 6.04 Å². The highest BCUT2D eigenvalue weighted by molar-refractivity contribution is 6.35. The minimum atomic E-state index is -0.272. The number of nitrogens with two attached hydrogens (primary N) is 1. The number of rotatable bonds is 3. The van der Waals surface area contributed by atoms with Gasteiger partial charge in [0.15, 0.2) is 0 Å². The van der Waals surface area contributed by atoms with Gasteiger partial charge in [0, 0.05) is 24.9 Å². The van der Waals surface area contributed by atoms with Gasteiger partial charge in [-0.3, -0.25) is 0 Å². The molecule has 1 atom stereocenters. The Kier molecular flexibility index (Phi) is 3.79. The van der Waals surface area contributed by atoms with E-state index in [0.29, 0.717) is 16.9 Å². The Bertz CT molecular complexity index is 547. The van der Waals surface area contributed by atoms with Crippen molar-refractivity contribution in [3.8, 4) is 0 Å². The lowest BCUT2D eigenvalue weighted by Gasteiger charge is -2.13. The molecule has 2 heterocycles. The molecule has 6 heteroatoms. The van der Waals surface area contributed by atoms with Crippen molar-refractivity contribution in [2.24, 2.45) is 5.73 Å². The lowest BCUT2D eigenvalue weighted by atomic mass is 10.0. The van der Waals surface area contributed by atoms with Crippen molar-refractivity contribution in [3.05, 3.63) is 34.3 Å². The normalized spacial score (nSPS) is 12.9. The van der Waals surface area contributed by atoms with Crippen molar-refractivity contribution >= 4 is 34.0 Å². The van der Waals surface area contributed by atoms with E-state index >= 15 is 0 Å². The minimum absolute atomic E-state index is 0.272. The van der Waals surface area contributed by atoms with Crippen LogP contribution in [0.5, 0.6) is 0 Å². The van der Waals surface area contributed by atoms with Crippen LogP contribution in [0.25, 0.3) is 10.8 Å². The molecule has 2 aromatic rings. The van der Waals surface area contributed by atoms with Gasteiger partial charge in [0.1, 0.15) is 10.3 Å². The van der Waals surface area contributed by atoms with Crippen LogP contribution in [0.3, 0.4) is 0 Å². The number of nitrogens with zero attached hydrogens (tertiary/aromatic N) is 2. The van der Waals surface area contributed by atoms with Crippen molar-refractivity contribution in [1.29, 1.82) is 0 Å². The van der Waals surface area contributed by atoms with Crippen LogP contribution in [0.1, 0.15) is 11.6 Å². The first kappa shape index (κ1) is 12.5. The van der Waals surface area contributed by atoms with E-state index in [2.05, 4.69) is 9.97 Å². The second-order valence-electron chi connectivity index (χ2n) is 3.62. The van der Waals surface area contributed by atoms with Gasteiger partial charge < -0.3 is 10.5 Å². The number of hydrogen-bond donors (Lipinski definition) is 1. The van der Waals surface area contributed by atoms with Crippen LogP contribution in [-0.4, -0.2) is 23.7 Å². The molecule has 0 saturated heterocycles. The summed E-state index contributed by atoms with van der Waals surface area (Å²) in [5.74, 6) is 0. The topological polar surface area (TPSA) is 61.0 Å². The molecule has 0 fully saturated rings. The van der Waals surface area contributed by atoms with Gasteiger partial charge in [-0.05, 0) is 17.0 Å². The first-order valence-corrected chi connectivity index (χ1v) is 5.73. The van der Waals surface area contributed by atoms with E-state index in [1.807, 2.05) is 0 Å². The fourth-order valence-electron chi connectivity index (χ4n) is 1.66. The largest absolute Gasteiger partial charge is 0.383 e. The minimum Gasteiger partial charge on any atom is -0.383 e. The molecular formula is C11H11Cl2N3O. The predicted octanol–water partition coefficient (Wildman–Crippen LogP) is 2.58. The van der Waals surface area contributed by atoms with Gasteiger partial charge in [-0.1, -0.05) is 23.2 Å². The highest BCUT2D eigenvalue weighted by Gasteiger charge is 2.13. The molecule has 0 spiro atoms. The number of pyridine rings is 2. The van der Waals surface area contributed by atoms with E-state index in [4.69, 9.17) is 33.7 Å². The molecule has 0 aliphatic rings. The molecule has 0 aromatic carbocycles. The van der Waals surface area contributed by atoms with Crippen LogP contribution in [0.4, 0.5) is 0 Å². The highest BCUT2D eigenvalue weighted by Crippen LogP contribution is 2.28. The van der Waals surface area contributed by atoms with Crippen LogP contribution in [0, 0.1) is 0 Å². The third-order valence-corrected chi connectivity index (χ3v) is 2.97.